The summed E-state index contributed by atoms with van der Waals surface area (Å²) in [6.45, 7) is 2.29. The monoisotopic (exact) mass is 350 g/mol. The quantitative estimate of drug-likeness (QED) is 0.907. The molecule has 2 saturated heterocycles. The van der Waals surface area contributed by atoms with E-state index in [2.05, 4.69) is 0 Å². The molecular weight excluding hydrogens is 328 g/mol. The fourth-order valence-electron chi connectivity index (χ4n) is 3.80. The summed E-state index contributed by atoms with van der Waals surface area (Å²) in [5, 5.41) is 0.638. The number of primary amides is 1. The number of carbonyl (C=O) groups is 2. The number of halogens is 1. The zero-order valence-electron chi connectivity index (χ0n) is 13.7. The van der Waals surface area contributed by atoms with E-state index in [4.69, 9.17) is 22.1 Å². The average Bonchev–Trinajstić information content (AvgIpc) is 2.62. The van der Waals surface area contributed by atoms with Crippen molar-refractivity contribution < 1.29 is 14.3 Å². The molecule has 0 bridgehead atoms. The Morgan fingerprint density at radius 2 is 1.88 bits per heavy atom. The summed E-state index contributed by atoms with van der Waals surface area (Å²) >= 11 is 6.16. The second-order valence-corrected chi connectivity index (χ2v) is 7.11. The van der Waals surface area contributed by atoms with Crippen molar-refractivity contribution >= 4 is 23.4 Å². The molecule has 2 aliphatic heterocycles. The van der Waals surface area contributed by atoms with Crippen LogP contribution in [0.2, 0.25) is 5.02 Å². The van der Waals surface area contributed by atoms with Crippen LogP contribution in [0.1, 0.15) is 31.2 Å². The predicted molar refractivity (Wildman–Crippen MR) is 91.7 cm³/mol. The first-order chi connectivity index (χ1) is 11.5. The molecule has 0 atom stereocenters. The van der Waals surface area contributed by atoms with Gasteiger partial charge in [-0.1, -0.05) is 23.7 Å². The molecule has 130 valence electrons. The van der Waals surface area contributed by atoms with Crippen LogP contribution in [0.5, 0.6) is 0 Å². The van der Waals surface area contributed by atoms with E-state index in [1.54, 1.807) is 0 Å². The molecule has 0 spiro atoms. The summed E-state index contributed by atoms with van der Waals surface area (Å²) < 4.78 is 5.50. The Kier molecular flexibility index (Phi) is 5.11. The number of nitrogens with two attached hydrogens (primary N) is 1. The van der Waals surface area contributed by atoms with Gasteiger partial charge in [0.15, 0.2) is 0 Å². The van der Waals surface area contributed by atoms with Gasteiger partial charge >= 0.3 is 0 Å². The Hall–Kier alpha value is -1.59. The Balaban J connectivity index is 1.84. The molecule has 0 aromatic heterocycles. The van der Waals surface area contributed by atoms with Gasteiger partial charge < -0.3 is 15.4 Å². The van der Waals surface area contributed by atoms with Gasteiger partial charge in [0.1, 0.15) is 0 Å². The number of hydrogen-bond donors (Lipinski definition) is 1. The Morgan fingerprint density at radius 3 is 2.46 bits per heavy atom. The Morgan fingerprint density at radius 1 is 1.21 bits per heavy atom. The lowest BCUT2D eigenvalue weighted by Crippen LogP contribution is -2.52. The van der Waals surface area contributed by atoms with E-state index in [0.29, 0.717) is 57.0 Å². The van der Waals surface area contributed by atoms with Crippen molar-refractivity contribution in [3.05, 3.63) is 34.9 Å². The van der Waals surface area contributed by atoms with E-state index in [9.17, 15) is 9.59 Å². The molecule has 2 heterocycles. The summed E-state index contributed by atoms with van der Waals surface area (Å²) in [6, 6.07) is 7.58. The highest BCUT2D eigenvalue weighted by molar-refractivity contribution is 6.30. The number of piperidine rings is 1. The Labute approximate surface area is 147 Å². The lowest BCUT2D eigenvalue weighted by molar-refractivity contribution is -0.144. The number of rotatable bonds is 3. The molecule has 3 rings (SSSR count). The highest BCUT2D eigenvalue weighted by Crippen LogP contribution is 2.38. The van der Waals surface area contributed by atoms with Gasteiger partial charge in [0.2, 0.25) is 11.8 Å². The van der Waals surface area contributed by atoms with E-state index in [0.717, 1.165) is 5.56 Å². The standard InChI is InChI=1S/C18H23ClN2O3/c19-15-3-1-2-14(12-15)18(6-10-24-11-7-18)17(23)21-8-4-13(5-9-21)16(20)22/h1-3,12-13H,4-11H2,(H2,20,22). The smallest absolute Gasteiger partial charge is 0.233 e. The molecule has 24 heavy (non-hydrogen) atoms. The van der Waals surface area contributed by atoms with Crippen LogP contribution in [0.25, 0.3) is 0 Å². The van der Waals surface area contributed by atoms with Crippen LogP contribution in [0, 0.1) is 5.92 Å². The second-order valence-electron chi connectivity index (χ2n) is 6.67. The van der Waals surface area contributed by atoms with E-state index >= 15 is 0 Å². The van der Waals surface area contributed by atoms with Crippen molar-refractivity contribution in [2.45, 2.75) is 31.1 Å². The van der Waals surface area contributed by atoms with Crippen LogP contribution >= 0.6 is 11.6 Å². The maximum absolute atomic E-state index is 13.4. The van der Waals surface area contributed by atoms with Gasteiger partial charge in [-0.25, -0.2) is 0 Å². The number of carbonyl (C=O) groups excluding carboxylic acids is 2. The van der Waals surface area contributed by atoms with Crippen LogP contribution in [-0.2, 0) is 19.7 Å². The second kappa shape index (κ2) is 7.11. The van der Waals surface area contributed by atoms with E-state index in [1.807, 2.05) is 29.2 Å². The minimum Gasteiger partial charge on any atom is -0.381 e. The van der Waals surface area contributed by atoms with Crippen molar-refractivity contribution in [2.75, 3.05) is 26.3 Å². The lowest BCUT2D eigenvalue weighted by atomic mass is 9.72. The van der Waals surface area contributed by atoms with Gasteiger partial charge in [-0.3, -0.25) is 9.59 Å². The molecule has 1 aromatic carbocycles. The molecule has 5 nitrogen and oxygen atoms in total. The predicted octanol–water partition coefficient (Wildman–Crippen LogP) is 2.11. The van der Waals surface area contributed by atoms with Gasteiger partial charge in [0.25, 0.3) is 0 Å². The number of nitrogens with zero attached hydrogens (tertiary/aromatic N) is 1. The highest BCUT2D eigenvalue weighted by Gasteiger charge is 2.44. The van der Waals surface area contributed by atoms with Gasteiger partial charge in [0.05, 0.1) is 5.41 Å². The molecule has 0 unspecified atom stereocenters. The zero-order valence-corrected chi connectivity index (χ0v) is 14.4. The molecular formula is C18H23ClN2O3. The van der Waals surface area contributed by atoms with E-state index < -0.39 is 5.41 Å². The molecule has 2 aliphatic rings. The minimum atomic E-state index is -0.581. The number of likely N-dealkylation sites (tertiary alicyclic amines) is 1. The van der Waals surface area contributed by atoms with Crippen LogP contribution in [0.4, 0.5) is 0 Å². The number of amides is 2. The first kappa shape index (κ1) is 17.2. The van der Waals surface area contributed by atoms with E-state index in [-0.39, 0.29) is 17.7 Å². The van der Waals surface area contributed by atoms with Crippen LogP contribution in [-0.4, -0.2) is 43.0 Å². The summed E-state index contributed by atoms with van der Waals surface area (Å²) in [6.07, 6.45) is 2.59. The third-order valence-corrected chi connectivity index (χ3v) is 5.55. The summed E-state index contributed by atoms with van der Waals surface area (Å²) in [7, 11) is 0. The van der Waals surface area contributed by atoms with Crippen molar-refractivity contribution in [1.29, 1.82) is 0 Å². The molecule has 0 radical (unpaired) electrons. The Bertz CT molecular complexity index is 620. The first-order valence-corrected chi connectivity index (χ1v) is 8.83. The number of hydrogen-bond acceptors (Lipinski definition) is 3. The summed E-state index contributed by atoms with van der Waals surface area (Å²) in [4.78, 5) is 26.6. The topological polar surface area (TPSA) is 72.6 Å². The maximum atomic E-state index is 13.4. The average molecular weight is 351 g/mol. The molecule has 2 amide bonds. The van der Waals surface area contributed by atoms with Crippen molar-refractivity contribution in [1.82, 2.24) is 4.90 Å². The van der Waals surface area contributed by atoms with E-state index in [1.165, 1.54) is 0 Å². The van der Waals surface area contributed by atoms with Gasteiger partial charge in [0, 0.05) is 37.2 Å². The summed E-state index contributed by atoms with van der Waals surface area (Å²) in [5.41, 5.74) is 5.77. The SMILES string of the molecule is NC(=O)C1CCN(C(=O)C2(c3cccc(Cl)c3)CCOCC2)CC1. The number of ether oxygens (including phenoxy) is 1. The van der Waals surface area contributed by atoms with Crippen molar-refractivity contribution in [3.63, 3.8) is 0 Å². The van der Waals surface area contributed by atoms with Gasteiger partial charge in [-0.2, -0.15) is 0 Å². The highest BCUT2D eigenvalue weighted by atomic mass is 35.5. The van der Waals surface area contributed by atoms with Crippen LogP contribution < -0.4 is 5.73 Å². The molecule has 2 N–H and O–H groups in total. The van der Waals surface area contributed by atoms with Crippen molar-refractivity contribution in [2.24, 2.45) is 11.7 Å². The lowest BCUT2D eigenvalue weighted by Gasteiger charge is -2.42. The third-order valence-electron chi connectivity index (χ3n) is 5.32. The maximum Gasteiger partial charge on any atom is 0.233 e. The molecule has 0 aliphatic carbocycles. The zero-order chi connectivity index (χ0) is 17.2. The van der Waals surface area contributed by atoms with Crippen LogP contribution in [0.3, 0.4) is 0 Å². The van der Waals surface area contributed by atoms with Gasteiger partial charge in [-0.15, -0.1) is 0 Å². The fraction of sp³-hybridized carbons (Fsp3) is 0.556. The summed E-state index contributed by atoms with van der Waals surface area (Å²) in [5.74, 6) is -0.264. The molecule has 1 aromatic rings. The third kappa shape index (κ3) is 3.28. The van der Waals surface area contributed by atoms with Crippen molar-refractivity contribution in [3.8, 4) is 0 Å². The largest absolute Gasteiger partial charge is 0.381 e. The van der Waals surface area contributed by atoms with Gasteiger partial charge in [-0.05, 0) is 43.4 Å². The fourth-order valence-corrected chi connectivity index (χ4v) is 3.99. The number of benzene rings is 1. The normalized spacial score (nSPS) is 21.5. The molecule has 2 fully saturated rings. The minimum absolute atomic E-state index is 0.120. The molecule has 0 saturated carbocycles. The first-order valence-electron chi connectivity index (χ1n) is 8.45. The van der Waals surface area contributed by atoms with Crippen LogP contribution in [0.15, 0.2) is 24.3 Å². The molecule has 6 heteroatoms.